The van der Waals surface area contributed by atoms with Crippen LogP contribution in [0.25, 0.3) is 0 Å². The Labute approximate surface area is 129 Å². The first-order chi connectivity index (χ1) is 10.2. The third-order valence-corrected chi connectivity index (χ3v) is 5.33. The molecule has 0 bridgehead atoms. The van der Waals surface area contributed by atoms with Crippen molar-refractivity contribution in [1.82, 2.24) is 0 Å². The average molecular weight is 342 g/mol. The van der Waals surface area contributed by atoms with Crippen molar-refractivity contribution >= 4 is 20.5 Å². The van der Waals surface area contributed by atoms with Gasteiger partial charge in [0.25, 0.3) is 0 Å². The van der Waals surface area contributed by atoms with Gasteiger partial charge >= 0.3 is 20.5 Å². The summed E-state index contributed by atoms with van der Waals surface area (Å²) in [7, 11) is -9.23. The summed E-state index contributed by atoms with van der Waals surface area (Å²) in [5, 5.41) is 0. The lowest BCUT2D eigenvalue weighted by molar-refractivity contribution is 0.388. The van der Waals surface area contributed by atoms with E-state index in [-0.39, 0.29) is 10.6 Å². The molecule has 0 radical (unpaired) electrons. The van der Waals surface area contributed by atoms with Gasteiger partial charge in [-0.15, -0.1) is 3.63 Å². The maximum absolute atomic E-state index is 11.9. The van der Waals surface area contributed by atoms with Crippen molar-refractivity contribution in [1.29, 1.82) is 0 Å². The molecule has 0 aliphatic carbocycles. The number of rotatable bonds is 5. The van der Waals surface area contributed by atoms with Gasteiger partial charge in [0.1, 0.15) is 5.75 Å². The zero-order valence-electron chi connectivity index (χ0n) is 11.9. The minimum absolute atomic E-state index is 0.0373. The summed E-state index contributed by atoms with van der Waals surface area (Å²) in [4.78, 5) is -0.269. The van der Waals surface area contributed by atoms with Crippen LogP contribution in [0.5, 0.6) is 5.75 Å². The molecule has 2 aromatic carbocycles. The SMILES string of the molecule is Cc1ccc(OS(=O)(=O)OS(=O)(=O)c2ccc(C)cc2)cc1. The second-order valence-electron chi connectivity index (χ2n) is 4.64. The van der Waals surface area contributed by atoms with Gasteiger partial charge < -0.3 is 4.18 Å². The summed E-state index contributed by atoms with van der Waals surface area (Å²) in [6, 6.07) is 11.6. The standard InChI is InChI=1S/C14H14O6S2/c1-11-3-7-13(8-4-11)19-22(17,18)20-21(15,16)14-9-5-12(2)6-10-14/h3-10H,1-2H3. The second-order valence-corrected chi connectivity index (χ2v) is 7.55. The first-order valence-electron chi connectivity index (χ1n) is 6.22. The van der Waals surface area contributed by atoms with Crippen LogP contribution >= 0.6 is 0 Å². The molecule has 0 spiro atoms. The minimum atomic E-state index is -4.75. The molecule has 0 heterocycles. The molecule has 2 aromatic rings. The molecule has 0 saturated heterocycles. The Hall–Kier alpha value is -1.90. The van der Waals surface area contributed by atoms with Crippen molar-refractivity contribution in [2.45, 2.75) is 18.7 Å². The Bertz CT molecular complexity index is 851. The third kappa shape index (κ3) is 4.30. The maximum Gasteiger partial charge on any atom is 0.464 e. The first-order valence-corrected chi connectivity index (χ1v) is 8.96. The van der Waals surface area contributed by atoms with E-state index in [9.17, 15) is 16.8 Å². The van der Waals surface area contributed by atoms with E-state index < -0.39 is 20.5 Å². The van der Waals surface area contributed by atoms with Crippen LogP contribution in [-0.2, 0) is 24.1 Å². The summed E-state index contributed by atoms with van der Waals surface area (Å²) in [5.41, 5.74) is 1.73. The minimum Gasteiger partial charge on any atom is -0.361 e. The number of aryl methyl sites for hydroxylation is 2. The Balaban J connectivity index is 2.20. The van der Waals surface area contributed by atoms with Gasteiger partial charge in [0.15, 0.2) is 0 Å². The van der Waals surface area contributed by atoms with Crippen LogP contribution in [0, 0.1) is 13.8 Å². The molecule has 0 aromatic heterocycles. The lowest BCUT2D eigenvalue weighted by Crippen LogP contribution is -2.18. The fourth-order valence-corrected chi connectivity index (χ4v) is 3.70. The molecule has 0 saturated carbocycles. The average Bonchev–Trinajstić information content (AvgIpc) is 2.40. The summed E-state index contributed by atoms with van der Waals surface area (Å²) in [5.74, 6) is -0.0373. The van der Waals surface area contributed by atoms with Crippen molar-refractivity contribution in [3.8, 4) is 5.75 Å². The number of hydrogen-bond acceptors (Lipinski definition) is 6. The van der Waals surface area contributed by atoms with Crippen LogP contribution in [0.3, 0.4) is 0 Å². The summed E-state index contributed by atoms with van der Waals surface area (Å²) >= 11 is 0. The van der Waals surface area contributed by atoms with Gasteiger partial charge in [0.05, 0.1) is 4.90 Å². The maximum atomic E-state index is 11.9. The van der Waals surface area contributed by atoms with Gasteiger partial charge in [0.2, 0.25) is 0 Å². The van der Waals surface area contributed by atoms with E-state index in [0.29, 0.717) is 0 Å². The molecule has 0 aliphatic heterocycles. The molecule has 0 N–H and O–H groups in total. The molecule has 0 aliphatic rings. The highest BCUT2D eigenvalue weighted by Crippen LogP contribution is 2.19. The van der Waals surface area contributed by atoms with Crippen molar-refractivity contribution in [2.24, 2.45) is 0 Å². The Morgan fingerprint density at radius 1 is 0.727 bits per heavy atom. The summed E-state index contributed by atoms with van der Waals surface area (Å²) in [6.07, 6.45) is 0. The molecule has 0 amide bonds. The van der Waals surface area contributed by atoms with Gasteiger partial charge in [-0.2, -0.15) is 16.8 Å². The van der Waals surface area contributed by atoms with Gasteiger partial charge in [-0.25, -0.2) is 0 Å². The van der Waals surface area contributed by atoms with Crippen LogP contribution in [0.15, 0.2) is 53.4 Å². The summed E-state index contributed by atoms with van der Waals surface area (Å²) < 4.78 is 56.1. The normalized spacial score (nSPS) is 12.1. The zero-order valence-corrected chi connectivity index (χ0v) is 13.5. The van der Waals surface area contributed by atoms with Crippen LogP contribution in [0.4, 0.5) is 0 Å². The largest absolute Gasteiger partial charge is 0.464 e. The molecule has 8 heteroatoms. The Morgan fingerprint density at radius 2 is 1.18 bits per heavy atom. The van der Waals surface area contributed by atoms with Crippen LogP contribution in [-0.4, -0.2) is 16.8 Å². The Kier molecular flexibility index (Phi) is 4.55. The van der Waals surface area contributed by atoms with Crippen molar-refractivity contribution in [3.63, 3.8) is 0 Å². The molecule has 0 atom stereocenters. The van der Waals surface area contributed by atoms with Crippen molar-refractivity contribution in [3.05, 3.63) is 59.7 Å². The second kappa shape index (κ2) is 6.07. The fourth-order valence-electron chi connectivity index (χ4n) is 1.58. The zero-order chi connectivity index (χ0) is 16.4. The van der Waals surface area contributed by atoms with Crippen molar-refractivity contribution in [2.75, 3.05) is 0 Å². The van der Waals surface area contributed by atoms with Gasteiger partial charge in [-0.05, 0) is 38.1 Å². The lowest BCUT2D eigenvalue weighted by atomic mass is 10.2. The van der Waals surface area contributed by atoms with Crippen LogP contribution in [0.1, 0.15) is 11.1 Å². The van der Waals surface area contributed by atoms with E-state index in [2.05, 4.69) is 7.81 Å². The van der Waals surface area contributed by atoms with E-state index in [1.165, 1.54) is 36.4 Å². The third-order valence-electron chi connectivity index (χ3n) is 2.70. The molecule has 2 rings (SSSR count). The van der Waals surface area contributed by atoms with E-state index in [1.54, 1.807) is 19.1 Å². The predicted molar refractivity (Wildman–Crippen MR) is 80.2 cm³/mol. The molecule has 118 valence electrons. The van der Waals surface area contributed by atoms with Crippen LogP contribution < -0.4 is 4.18 Å². The fraction of sp³-hybridized carbons (Fsp3) is 0.143. The Morgan fingerprint density at radius 3 is 1.68 bits per heavy atom. The lowest BCUT2D eigenvalue weighted by Gasteiger charge is -2.07. The molecular weight excluding hydrogens is 328 g/mol. The highest BCUT2D eigenvalue weighted by atomic mass is 32.3. The highest BCUT2D eigenvalue weighted by Gasteiger charge is 2.26. The highest BCUT2D eigenvalue weighted by molar-refractivity contribution is 7.98. The first kappa shape index (κ1) is 16.5. The monoisotopic (exact) mass is 342 g/mol. The van der Waals surface area contributed by atoms with Crippen molar-refractivity contribution < 1.29 is 24.6 Å². The topological polar surface area (TPSA) is 86.7 Å². The van der Waals surface area contributed by atoms with Gasteiger partial charge in [0, 0.05) is 0 Å². The molecular formula is C14H14O6S2. The molecule has 0 unspecified atom stereocenters. The molecule has 22 heavy (non-hydrogen) atoms. The van der Waals surface area contributed by atoms with Crippen LogP contribution in [0.2, 0.25) is 0 Å². The predicted octanol–water partition coefficient (Wildman–Crippen LogP) is 2.33. The van der Waals surface area contributed by atoms with E-state index >= 15 is 0 Å². The van der Waals surface area contributed by atoms with Gasteiger partial charge in [-0.3, -0.25) is 0 Å². The number of hydrogen-bond donors (Lipinski definition) is 0. The quantitative estimate of drug-likeness (QED) is 0.829. The smallest absolute Gasteiger partial charge is 0.361 e. The molecule has 0 fully saturated rings. The summed E-state index contributed by atoms with van der Waals surface area (Å²) in [6.45, 7) is 3.59. The number of benzene rings is 2. The van der Waals surface area contributed by atoms with E-state index in [1.807, 2.05) is 6.92 Å². The van der Waals surface area contributed by atoms with E-state index in [4.69, 9.17) is 0 Å². The van der Waals surface area contributed by atoms with E-state index in [0.717, 1.165) is 11.1 Å². The molecule has 6 nitrogen and oxygen atoms in total. The van der Waals surface area contributed by atoms with Gasteiger partial charge in [-0.1, -0.05) is 35.4 Å².